The van der Waals surface area contributed by atoms with E-state index in [1.165, 1.54) is 28.7 Å². The smallest absolute Gasteiger partial charge is 0.0764 e. The molecule has 3 atom stereocenters. The van der Waals surface area contributed by atoms with Gasteiger partial charge in [0, 0.05) is 5.92 Å². The molecule has 4 rings (SSSR count). The zero-order valence-corrected chi connectivity index (χ0v) is 11.1. The molecule has 0 saturated heterocycles. The molecule has 0 saturated carbocycles. The average molecular weight is 250 g/mol. The number of rotatable bonds is 1. The van der Waals surface area contributed by atoms with E-state index in [2.05, 4.69) is 42.5 Å². The van der Waals surface area contributed by atoms with Gasteiger partial charge in [0.1, 0.15) is 0 Å². The molecular formula is C18H18O. The molecule has 2 bridgehead atoms. The van der Waals surface area contributed by atoms with Crippen LogP contribution in [0.3, 0.4) is 0 Å². The van der Waals surface area contributed by atoms with Crippen molar-refractivity contribution < 1.29 is 5.11 Å². The van der Waals surface area contributed by atoms with Gasteiger partial charge in [-0.3, -0.25) is 0 Å². The van der Waals surface area contributed by atoms with Crippen LogP contribution in [0, 0.1) is 0 Å². The Morgan fingerprint density at radius 3 is 2.68 bits per heavy atom. The van der Waals surface area contributed by atoms with Crippen LogP contribution in [0.1, 0.15) is 59.1 Å². The highest BCUT2D eigenvalue weighted by molar-refractivity contribution is 5.54. The Balaban J connectivity index is 1.94. The van der Waals surface area contributed by atoms with Crippen LogP contribution in [0.15, 0.2) is 42.5 Å². The van der Waals surface area contributed by atoms with Gasteiger partial charge < -0.3 is 5.11 Å². The lowest BCUT2D eigenvalue weighted by atomic mass is 9.81. The summed E-state index contributed by atoms with van der Waals surface area (Å²) in [6, 6.07) is 15.3. The SMILES string of the molecule is CC(O)c1cccc2c1C1Cc3ccccc3C2C1. The van der Waals surface area contributed by atoms with Crippen LogP contribution in [0.2, 0.25) is 0 Å². The molecule has 1 N–H and O–H groups in total. The topological polar surface area (TPSA) is 20.2 Å². The van der Waals surface area contributed by atoms with Gasteiger partial charge in [0.05, 0.1) is 6.10 Å². The molecule has 1 heteroatoms. The van der Waals surface area contributed by atoms with E-state index >= 15 is 0 Å². The minimum absolute atomic E-state index is 0.364. The van der Waals surface area contributed by atoms with Crippen molar-refractivity contribution in [3.8, 4) is 0 Å². The fourth-order valence-corrected chi connectivity index (χ4v) is 4.08. The van der Waals surface area contributed by atoms with Crippen LogP contribution in [0.25, 0.3) is 0 Å². The Hall–Kier alpha value is -1.60. The molecule has 2 aromatic carbocycles. The summed E-state index contributed by atoms with van der Waals surface area (Å²) in [7, 11) is 0. The number of hydrogen-bond donors (Lipinski definition) is 1. The lowest BCUT2D eigenvalue weighted by Gasteiger charge is -2.23. The summed E-state index contributed by atoms with van der Waals surface area (Å²) in [5.74, 6) is 1.14. The summed E-state index contributed by atoms with van der Waals surface area (Å²) in [6.07, 6.45) is 1.98. The first kappa shape index (κ1) is 11.2. The third-order valence-corrected chi connectivity index (χ3v) is 4.82. The Bertz CT molecular complexity index is 642. The molecule has 0 spiro atoms. The quantitative estimate of drug-likeness (QED) is 0.813. The van der Waals surface area contributed by atoms with Gasteiger partial charge in [0.15, 0.2) is 0 Å². The third-order valence-electron chi connectivity index (χ3n) is 4.82. The third kappa shape index (κ3) is 1.51. The summed E-state index contributed by atoms with van der Waals surface area (Å²) in [6.45, 7) is 1.88. The van der Waals surface area contributed by atoms with Crippen molar-refractivity contribution in [3.63, 3.8) is 0 Å². The fraction of sp³-hybridized carbons (Fsp3) is 0.333. The zero-order valence-electron chi connectivity index (χ0n) is 11.1. The van der Waals surface area contributed by atoms with Crippen LogP contribution < -0.4 is 0 Å². The maximum absolute atomic E-state index is 10.0. The van der Waals surface area contributed by atoms with Crippen LogP contribution in [-0.4, -0.2) is 5.11 Å². The van der Waals surface area contributed by atoms with Crippen LogP contribution >= 0.6 is 0 Å². The Kier molecular flexibility index (Phi) is 2.33. The van der Waals surface area contributed by atoms with Crippen molar-refractivity contribution in [2.45, 2.75) is 37.7 Å². The minimum atomic E-state index is -0.364. The van der Waals surface area contributed by atoms with Gasteiger partial charge in [0.25, 0.3) is 0 Å². The van der Waals surface area contributed by atoms with E-state index in [-0.39, 0.29) is 6.10 Å². The predicted octanol–water partition coefficient (Wildman–Crippen LogP) is 3.92. The number of aliphatic hydroxyl groups excluding tert-OH is 1. The first-order chi connectivity index (χ1) is 9.25. The Labute approximate surface area is 113 Å². The van der Waals surface area contributed by atoms with Crippen molar-refractivity contribution in [1.29, 1.82) is 0 Å². The van der Waals surface area contributed by atoms with Crippen LogP contribution in [0.5, 0.6) is 0 Å². The highest BCUT2D eigenvalue weighted by atomic mass is 16.3. The summed E-state index contributed by atoms with van der Waals surface area (Å²) in [5, 5.41) is 10.0. The lowest BCUT2D eigenvalue weighted by Crippen LogP contribution is -2.10. The molecule has 2 aliphatic carbocycles. The molecule has 2 aliphatic rings. The maximum atomic E-state index is 10.0. The molecule has 1 nitrogen and oxygen atoms in total. The number of fused-ring (bicyclic) bond motifs is 7. The van der Waals surface area contributed by atoms with E-state index in [0.717, 1.165) is 12.0 Å². The fourth-order valence-electron chi connectivity index (χ4n) is 4.08. The van der Waals surface area contributed by atoms with Gasteiger partial charge in [-0.1, -0.05) is 42.5 Å². The van der Waals surface area contributed by atoms with E-state index in [0.29, 0.717) is 11.8 Å². The molecule has 0 fully saturated rings. The zero-order chi connectivity index (χ0) is 13.0. The molecule has 3 unspecified atom stereocenters. The second kappa shape index (κ2) is 3.94. The van der Waals surface area contributed by atoms with Crippen molar-refractivity contribution in [2.24, 2.45) is 0 Å². The molecule has 2 aromatic rings. The summed E-state index contributed by atoms with van der Waals surface area (Å²) in [5.41, 5.74) is 7.02. The number of aliphatic hydroxyl groups is 1. The van der Waals surface area contributed by atoms with Gasteiger partial charge >= 0.3 is 0 Å². The molecule has 0 radical (unpaired) electrons. The van der Waals surface area contributed by atoms with E-state index in [4.69, 9.17) is 0 Å². The monoisotopic (exact) mass is 250 g/mol. The molecular weight excluding hydrogens is 232 g/mol. The van der Waals surface area contributed by atoms with Gasteiger partial charge in [0.2, 0.25) is 0 Å². The van der Waals surface area contributed by atoms with Crippen LogP contribution in [-0.2, 0) is 6.42 Å². The van der Waals surface area contributed by atoms with Crippen LogP contribution in [0.4, 0.5) is 0 Å². The molecule has 0 amide bonds. The maximum Gasteiger partial charge on any atom is 0.0764 e. The summed E-state index contributed by atoms with van der Waals surface area (Å²) >= 11 is 0. The predicted molar refractivity (Wildman–Crippen MR) is 76.4 cm³/mol. The first-order valence-corrected chi connectivity index (χ1v) is 7.14. The van der Waals surface area contributed by atoms with Crippen molar-refractivity contribution in [2.75, 3.05) is 0 Å². The van der Waals surface area contributed by atoms with E-state index in [1.54, 1.807) is 0 Å². The average Bonchev–Trinajstić information content (AvgIpc) is 2.73. The Morgan fingerprint density at radius 2 is 1.84 bits per heavy atom. The van der Waals surface area contributed by atoms with Gasteiger partial charge in [-0.15, -0.1) is 0 Å². The standard InChI is InChI=1S/C18H18O/c1-11(19)14-7-4-8-16-17-10-13(18(14)16)9-12-5-2-3-6-15(12)17/h2-8,11,13,17,19H,9-10H2,1H3. The van der Waals surface area contributed by atoms with Crippen molar-refractivity contribution in [3.05, 3.63) is 70.3 Å². The molecule has 0 aromatic heterocycles. The number of benzene rings is 2. The second-order valence-electron chi connectivity index (χ2n) is 5.91. The largest absolute Gasteiger partial charge is 0.389 e. The summed E-state index contributed by atoms with van der Waals surface area (Å²) < 4.78 is 0. The molecule has 0 heterocycles. The summed E-state index contributed by atoms with van der Waals surface area (Å²) in [4.78, 5) is 0. The minimum Gasteiger partial charge on any atom is -0.389 e. The Morgan fingerprint density at radius 1 is 1.05 bits per heavy atom. The highest BCUT2D eigenvalue weighted by Gasteiger charge is 2.38. The number of hydrogen-bond acceptors (Lipinski definition) is 1. The lowest BCUT2D eigenvalue weighted by molar-refractivity contribution is 0.197. The molecule has 19 heavy (non-hydrogen) atoms. The van der Waals surface area contributed by atoms with Gasteiger partial charge in [-0.25, -0.2) is 0 Å². The van der Waals surface area contributed by atoms with E-state index in [1.807, 2.05) is 6.92 Å². The molecule has 0 aliphatic heterocycles. The normalized spacial score (nSPS) is 24.7. The van der Waals surface area contributed by atoms with E-state index < -0.39 is 0 Å². The molecule has 96 valence electrons. The van der Waals surface area contributed by atoms with Crippen molar-refractivity contribution in [1.82, 2.24) is 0 Å². The van der Waals surface area contributed by atoms with E-state index in [9.17, 15) is 5.11 Å². The van der Waals surface area contributed by atoms with Gasteiger partial charge in [-0.05, 0) is 53.5 Å². The van der Waals surface area contributed by atoms with Gasteiger partial charge in [-0.2, -0.15) is 0 Å². The first-order valence-electron chi connectivity index (χ1n) is 7.14. The second-order valence-corrected chi connectivity index (χ2v) is 5.91. The van der Waals surface area contributed by atoms with Crippen molar-refractivity contribution >= 4 is 0 Å². The highest BCUT2D eigenvalue weighted by Crippen LogP contribution is 2.53.